The van der Waals surface area contributed by atoms with E-state index in [9.17, 15) is 9.90 Å². The number of anilines is 2. The van der Waals surface area contributed by atoms with Gasteiger partial charge in [0.25, 0.3) is 5.91 Å². The van der Waals surface area contributed by atoms with Gasteiger partial charge in [-0.3, -0.25) is 4.79 Å². The quantitative estimate of drug-likeness (QED) is 0.751. The number of benzene rings is 1. The molecule has 0 aliphatic rings. The molecule has 2 rings (SSSR count). The van der Waals surface area contributed by atoms with Gasteiger partial charge in [-0.15, -0.1) is 0 Å². The molecular formula is C17H23N3O3. The lowest BCUT2D eigenvalue weighted by atomic mass is 9.93. The summed E-state index contributed by atoms with van der Waals surface area (Å²) in [4.78, 5) is 12.5. The van der Waals surface area contributed by atoms with E-state index in [1.54, 1.807) is 44.2 Å². The number of hydrogen-bond acceptors (Lipinski definition) is 5. The van der Waals surface area contributed by atoms with Crippen molar-refractivity contribution >= 4 is 17.4 Å². The first kappa shape index (κ1) is 16.9. The molecule has 6 heteroatoms. The lowest BCUT2D eigenvalue weighted by Crippen LogP contribution is -2.44. The van der Waals surface area contributed by atoms with Crippen LogP contribution in [0.15, 0.2) is 34.9 Å². The van der Waals surface area contributed by atoms with Gasteiger partial charge in [0.15, 0.2) is 5.82 Å². The molecule has 1 amide bonds. The van der Waals surface area contributed by atoms with Crippen molar-refractivity contribution in [2.75, 3.05) is 10.6 Å². The monoisotopic (exact) mass is 317 g/mol. The molecule has 0 unspecified atom stereocenters. The lowest BCUT2D eigenvalue weighted by molar-refractivity contribution is -0.119. The number of phenols is 1. The fourth-order valence-corrected chi connectivity index (χ4v) is 1.92. The van der Waals surface area contributed by atoms with E-state index in [2.05, 4.69) is 15.8 Å². The second-order valence-corrected chi connectivity index (χ2v) is 7.08. The first-order valence-electron chi connectivity index (χ1n) is 7.44. The molecule has 1 aromatic carbocycles. The first-order chi connectivity index (χ1) is 10.6. The molecule has 2 aromatic rings. The molecule has 0 atom stereocenters. The zero-order valence-corrected chi connectivity index (χ0v) is 14.1. The molecule has 0 aliphatic carbocycles. The van der Waals surface area contributed by atoms with Gasteiger partial charge in [0.1, 0.15) is 17.0 Å². The standard InChI is InChI=1S/C17H23N3O3/c1-16(2,3)13-10-14(20-23-13)18-15(22)17(4,5)19-11-6-8-12(21)9-7-11/h6-10,19,21H,1-5H3,(H,18,20,22). The van der Waals surface area contributed by atoms with Gasteiger partial charge in [-0.1, -0.05) is 25.9 Å². The highest BCUT2D eigenvalue weighted by atomic mass is 16.5. The third kappa shape index (κ3) is 4.25. The second-order valence-electron chi connectivity index (χ2n) is 7.08. The van der Waals surface area contributed by atoms with E-state index < -0.39 is 5.54 Å². The minimum atomic E-state index is -0.863. The highest BCUT2D eigenvalue weighted by Gasteiger charge is 2.29. The summed E-state index contributed by atoms with van der Waals surface area (Å²) in [6, 6.07) is 8.26. The Hall–Kier alpha value is -2.50. The maximum Gasteiger partial charge on any atom is 0.250 e. The summed E-state index contributed by atoms with van der Waals surface area (Å²) in [5.74, 6) is 1.03. The smallest absolute Gasteiger partial charge is 0.250 e. The molecule has 0 spiro atoms. The molecule has 0 saturated carbocycles. The van der Waals surface area contributed by atoms with Crippen molar-refractivity contribution in [3.8, 4) is 5.75 Å². The Kier molecular flexibility index (Phi) is 4.36. The van der Waals surface area contributed by atoms with Gasteiger partial charge in [0.05, 0.1) is 0 Å². The summed E-state index contributed by atoms with van der Waals surface area (Å²) in [5, 5.41) is 19.1. The molecule has 0 radical (unpaired) electrons. The van der Waals surface area contributed by atoms with E-state index >= 15 is 0 Å². The van der Waals surface area contributed by atoms with Crippen LogP contribution in [0.3, 0.4) is 0 Å². The number of aromatic hydroxyl groups is 1. The predicted molar refractivity (Wildman–Crippen MR) is 89.6 cm³/mol. The minimum absolute atomic E-state index is 0.171. The van der Waals surface area contributed by atoms with Crippen molar-refractivity contribution in [1.82, 2.24) is 5.16 Å². The third-order valence-electron chi connectivity index (χ3n) is 3.38. The lowest BCUT2D eigenvalue weighted by Gasteiger charge is -2.25. The fraction of sp³-hybridized carbons (Fsp3) is 0.412. The topological polar surface area (TPSA) is 87.4 Å². The average molecular weight is 317 g/mol. The number of amides is 1. The van der Waals surface area contributed by atoms with Crippen molar-refractivity contribution < 1.29 is 14.4 Å². The molecule has 0 saturated heterocycles. The number of nitrogens with zero attached hydrogens (tertiary/aromatic N) is 1. The summed E-state index contributed by atoms with van der Waals surface area (Å²) >= 11 is 0. The Labute approximate surface area is 135 Å². The van der Waals surface area contributed by atoms with Gasteiger partial charge in [0.2, 0.25) is 0 Å². The summed E-state index contributed by atoms with van der Waals surface area (Å²) < 4.78 is 5.26. The third-order valence-corrected chi connectivity index (χ3v) is 3.38. The summed E-state index contributed by atoms with van der Waals surface area (Å²) in [6.45, 7) is 9.56. The van der Waals surface area contributed by atoms with Crippen LogP contribution in [0.4, 0.5) is 11.5 Å². The summed E-state index contributed by atoms with van der Waals surface area (Å²) in [7, 11) is 0. The minimum Gasteiger partial charge on any atom is -0.508 e. The van der Waals surface area contributed by atoms with Crippen LogP contribution in [0.5, 0.6) is 5.75 Å². The van der Waals surface area contributed by atoms with Crippen LogP contribution < -0.4 is 10.6 Å². The maximum atomic E-state index is 12.5. The van der Waals surface area contributed by atoms with E-state index in [0.717, 1.165) is 5.69 Å². The first-order valence-corrected chi connectivity index (χ1v) is 7.44. The Balaban J connectivity index is 2.06. The molecule has 124 valence electrons. The predicted octanol–water partition coefficient (Wildman–Crippen LogP) is 3.51. The Morgan fingerprint density at radius 3 is 2.26 bits per heavy atom. The van der Waals surface area contributed by atoms with E-state index in [4.69, 9.17) is 4.52 Å². The van der Waals surface area contributed by atoms with Crippen LogP contribution in [0.1, 0.15) is 40.4 Å². The average Bonchev–Trinajstić information content (AvgIpc) is 2.89. The van der Waals surface area contributed by atoms with Crippen LogP contribution in [-0.2, 0) is 10.2 Å². The molecule has 0 aliphatic heterocycles. The summed E-state index contributed by atoms with van der Waals surface area (Å²) in [6.07, 6.45) is 0. The van der Waals surface area contributed by atoms with E-state index in [1.807, 2.05) is 20.8 Å². The van der Waals surface area contributed by atoms with Crippen LogP contribution in [-0.4, -0.2) is 21.7 Å². The van der Waals surface area contributed by atoms with Gasteiger partial charge in [-0.05, 0) is 38.1 Å². The largest absolute Gasteiger partial charge is 0.508 e. The number of hydrogen-bond donors (Lipinski definition) is 3. The molecule has 0 bridgehead atoms. The highest BCUT2D eigenvalue weighted by Crippen LogP contribution is 2.25. The normalized spacial score (nSPS) is 12.0. The number of phenolic OH excluding ortho intramolecular Hbond substituents is 1. The van der Waals surface area contributed by atoms with Crippen LogP contribution in [0, 0.1) is 0 Å². The van der Waals surface area contributed by atoms with Gasteiger partial charge < -0.3 is 20.3 Å². The van der Waals surface area contributed by atoms with Gasteiger partial charge in [0, 0.05) is 17.2 Å². The molecule has 1 heterocycles. The zero-order chi connectivity index (χ0) is 17.3. The van der Waals surface area contributed by atoms with Crippen LogP contribution in [0.25, 0.3) is 0 Å². The maximum absolute atomic E-state index is 12.5. The van der Waals surface area contributed by atoms with E-state index in [-0.39, 0.29) is 17.1 Å². The number of nitrogens with one attached hydrogen (secondary N) is 2. The van der Waals surface area contributed by atoms with Gasteiger partial charge >= 0.3 is 0 Å². The molecular weight excluding hydrogens is 294 g/mol. The van der Waals surface area contributed by atoms with E-state index in [1.165, 1.54) is 0 Å². The van der Waals surface area contributed by atoms with Crippen LogP contribution in [0.2, 0.25) is 0 Å². The number of rotatable bonds is 4. The Morgan fingerprint density at radius 2 is 1.74 bits per heavy atom. The van der Waals surface area contributed by atoms with Crippen LogP contribution >= 0.6 is 0 Å². The second kappa shape index (κ2) is 5.95. The van der Waals surface area contributed by atoms with Crippen molar-refractivity contribution in [3.63, 3.8) is 0 Å². The molecule has 3 N–H and O–H groups in total. The highest BCUT2D eigenvalue weighted by molar-refractivity contribution is 5.98. The fourth-order valence-electron chi connectivity index (χ4n) is 1.92. The molecule has 1 aromatic heterocycles. The van der Waals surface area contributed by atoms with Crippen molar-refractivity contribution in [1.29, 1.82) is 0 Å². The van der Waals surface area contributed by atoms with Gasteiger partial charge in [-0.25, -0.2) is 0 Å². The van der Waals surface area contributed by atoms with Gasteiger partial charge in [-0.2, -0.15) is 0 Å². The molecule has 23 heavy (non-hydrogen) atoms. The zero-order valence-electron chi connectivity index (χ0n) is 14.1. The van der Waals surface area contributed by atoms with Crippen molar-refractivity contribution in [2.24, 2.45) is 0 Å². The number of carbonyl (C=O) groups excluding carboxylic acids is 1. The van der Waals surface area contributed by atoms with E-state index in [0.29, 0.717) is 11.6 Å². The molecule has 6 nitrogen and oxygen atoms in total. The Morgan fingerprint density at radius 1 is 1.13 bits per heavy atom. The molecule has 0 fully saturated rings. The number of aromatic nitrogens is 1. The Bertz CT molecular complexity index is 682. The van der Waals surface area contributed by atoms with Crippen molar-refractivity contribution in [3.05, 3.63) is 36.1 Å². The summed E-state index contributed by atoms with van der Waals surface area (Å²) in [5.41, 5.74) is -0.299. The number of carbonyl (C=O) groups is 1. The van der Waals surface area contributed by atoms with Crippen molar-refractivity contribution in [2.45, 2.75) is 45.6 Å². The SMILES string of the molecule is CC(C)(Nc1ccc(O)cc1)C(=O)Nc1cc(C(C)(C)C)on1.